The fourth-order valence-electron chi connectivity index (χ4n) is 1.82. The maximum Gasteiger partial charge on any atom is 0.299 e. The Hall–Kier alpha value is -1.68. The van der Waals surface area contributed by atoms with E-state index in [2.05, 4.69) is 0 Å². The van der Waals surface area contributed by atoms with E-state index in [0.717, 1.165) is 5.56 Å². The summed E-state index contributed by atoms with van der Waals surface area (Å²) in [6, 6.07) is 5.45. The van der Waals surface area contributed by atoms with Gasteiger partial charge in [-0.2, -0.15) is 0 Å². The van der Waals surface area contributed by atoms with E-state index in [-0.39, 0.29) is 0 Å². The van der Waals surface area contributed by atoms with Gasteiger partial charge >= 0.3 is 0 Å². The molecule has 0 aromatic heterocycles. The van der Waals surface area contributed by atoms with Crippen LogP contribution in [0.5, 0.6) is 0 Å². The van der Waals surface area contributed by atoms with Gasteiger partial charge in [0.25, 0.3) is 11.7 Å². The molecule has 4 heteroatoms. The van der Waals surface area contributed by atoms with E-state index in [9.17, 15) is 9.59 Å². The van der Waals surface area contributed by atoms with Crippen LogP contribution in [0.1, 0.15) is 15.9 Å². The van der Waals surface area contributed by atoms with Crippen molar-refractivity contribution in [2.45, 2.75) is 6.92 Å². The highest BCUT2D eigenvalue weighted by atomic mass is 16.5. The van der Waals surface area contributed by atoms with Crippen LogP contribution in [-0.2, 0) is 9.53 Å². The Morgan fingerprint density at radius 2 is 2.06 bits per heavy atom. The molecule has 1 heterocycles. The van der Waals surface area contributed by atoms with Crippen LogP contribution >= 0.6 is 0 Å². The lowest BCUT2D eigenvalue weighted by Gasteiger charge is -2.15. The Balaban J connectivity index is 2.38. The molecule has 16 heavy (non-hydrogen) atoms. The van der Waals surface area contributed by atoms with Crippen LogP contribution in [0.4, 0.5) is 5.69 Å². The minimum absolute atomic E-state index is 0.414. The third-order valence-corrected chi connectivity index (χ3v) is 2.65. The van der Waals surface area contributed by atoms with Crippen molar-refractivity contribution in [1.82, 2.24) is 0 Å². The molecule has 4 nitrogen and oxygen atoms in total. The molecule has 0 unspecified atom stereocenters. The summed E-state index contributed by atoms with van der Waals surface area (Å²) in [5.74, 6) is -0.882. The SMILES string of the molecule is COCCN1C(=O)C(=O)c2cc(C)ccc21. The summed E-state index contributed by atoms with van der Waals surface area (Å²) >= 11 is 0. The number of amides is 1. The molecule has 1 aromatic rings. The number of ketones is 1. The van der Waals surface area contributed by atoms with Crippen LogP contribution in [0.25, 0.3) is 0 Å². The largest absolute Gasteiger partial charge is 0.383 e. The first-order valence-electron chi connectivity index (χ1n) is 5.11. The zero-order valence-electron chi connectivity index (χ0n) is 9.32. The van der Waals surface area contributed by atoms with E-state index in [0.29, 0.717) is 24.4 Å². The van der Waals surface area contributed by atoms with Crippen molar-refractivity contribution in [2.24, 2.45) is 0 Å². The number of benzene rings is 1. The lowest BCUT2D eigenvalue weighted by molar-refractivity contribution is -0.114. The number of rotatable bonds is 3. The number of hydrogen-bond donors (Lipinski definition) is 0. The van der Waals surface area contributed by atoms with E-state index in [1.165, 1.54) is 4.90 Å². The highest BCUT2D eigenvalue weighted by molar-refractivity contribution is 6.52. The first kappa shape index (κ1) is 10.8. The molecule has 0 atom stereocenters. The van der Waals surface area contributed by atoms with Gasteiger partial charge in [0.15, 0.2) is 0 Å². The number of methoxy groups -OCH3 is 1. The molecule has 1 aliphatic rings. The lowest BCUT2D eigenvalue weighted by Crippen LogP contribution is -2.32. The molecule has 0 aliphatic carbocycles. The van der Waals surface area contributed by atoms with Gasteiger partial charge in [-0.3, -0.25) is 9.59 Å². The summed E-state index contributed by atoms with van der Waals surface area (Å²) in [7, 11) is 1.57. The van der Waals surface area contributed by atoms with Crippen LogP contribution in [-0.4, -0.2) is 32.0 Å². The monoisotopic (exact) mass is 219 g/mol. The first-order chi connectivity index (χ1) is 7.65. The predicted octanol–water partition coefficient (Wildman–Crippen LogP) is 1.17. The van der Waals surface area contributed by atoms with Gasteiger partial charge in [-0.25, -0.2) is 0 Å². The number of nitrogens with zero attached hydrogens (tertiary/aromatic N) is 1. The summed E-state index contributed by atoms with van der Waals surface area (Å²) in [5.41, 5.74) is 2.17. The number of carbonyl (C=O) groups is 2. The van der Waals surface area contributed by atoms with Crippen LogP contribution < -0.4 is 4.90 Å². The molecule has 0 spiro atoms. The zero-order valence-corrected chi connectivity index (χ0v) is 9.32. The maximum absolute atomic E-state index is 11.7. The Kier molecular flexibility index (Phi) is 2.75. The summed E-state index contributed by atoms with van der Waals surface area (Å²) < 4.78 is 4.92. The molecule has 1 aliphatic heterocycles. The van der Waals surface area contributed by atoms with Crippen molar-refractivity contribution in [3.63, 3.8) is 0 Å². The second-order valence-corrected chi connectivity index (χ2v) is 3.80. The normalized spacial score (nSPS) is 14.5. The van der Waals surface area contributed by atoms with Crippen molar-refractivity contribution < 1.29 is 14.3 Å². The molecule has 0 bridgehead atoms. The third kappa shape index (κ3) is 1.61. The molecule has 1 amide bonds. The Bertz CT molecular complexity index is 454. The van der Waals surface area contributed by atoms with Gasteiger partial charge in [-0.15, -0.1) is 0 Å². The molecule has 0 saturated heterocycles. The van der Waals surface area contributed by atoms with Gasteiger partial charge in [0.1, 0.15) is 0 Å². The number of ether oxygens (including phenoxy) is 1. The molecule has 84 valence electrons. The third-order valence-electron chi connectivity index (χ3n) is 2.65. The van der Waals surface area contributed by atoms with E-state index in [1.807, 2.05) is 19.1 Å². The smallest absolute Gasteiger partial charge is 0.299 e. The fraction of sp³-hybridized carbons (Fsp3) is 0.333. The lowest BCUT2D eigenvalue weighted by atomic mass is 10.1. The number of carbonyl (C=O) groups excluding carboxylic acids is 2. The second kappa shape index (κ2) is 4.06. The zero-order chi connectivity index (χ0) is 11.7. The van der Waals surface area contributed by atoms with Crippen molar-refractivity contribution in [1.29, 1.82) is 0 Å². The Labute approximate surface area is 93.8 Å². The van der Waals surface area contributed by atoms with Crippen LogP contribution in [0.15, 0.2) is 18.2 Å². The Morgan fingerprint density at radius 1 is 1.31 bits per heavy atom. The van der Waals surface area contributed by atoms with Crippen molar-refractivity contribution in [3.8, 4) is 0 Å². The number of fused-ring (bicyclic) bond motifs is 1. The Morgan fingerprint density at radius 3 is 2.75 bits per heavy atom. The van der Waals surface area contributed by atoms with Crippen LogP contribution in [0.3, 0.4) is 0 Å². The number of anilines is 1. The van der Waals surface area contributed by atoms with Crippen LogP contribution in [0.2, 0.25) is 0 Å². The molecule has 2 rings (SSSR count). The number of aryl methyl sites for hydroxylation is 1. The highest BCUT2D eigenvalue weighted by Gasteiger charge is 2.35. The molecular weight excluding hydrogens is 206 g/mol. The van der Waals surface area contributed by atoms with Gasteiger partial charge in [0.2, 0.25) is 0 Å². The van der Waals surface area contributed by atoms with Gasteiger partial charge in [-0.1, -0.05) is 11.6 Å². The molecular formula is C12H13NO3. The van der Waals surface area contributed by atoms with Crippen molar-refractivity contribution >= 4 is 17.4 Å². The average Bonchev–Trinajstić information content (AvgIpc) is 2.50. The van der Waals surface area contributed by atoms with Gasteiger partial charge < -0.3 is 9.64 Å². The summed E-state index contributed by atoms with van der Waals surface area (Å²) in [6.07, 6.45) is 0. The molecule has 0 fully saturated rings. The average molecular weight is 219 g/mol. The van der Waals surface area contributed by atoms with E-state index >= 15 is 0 Å². The van der Waals surface area contributed by atoms with Crippen molar-refractivity contribution in [3.05, 3.63) is 29.3 Å². The summed E-state index contributed by atoms with van der Waals surface area (Å²) in [6.45, 7) is 2.74. The summed E-state index contributed by atoms with van der Waals surface area (Å²) in [5, 5.41) is 0. The topological polar surface area (TPSA) is 46.6 Å². The van der Waals surface area contributed by atoms with E-state index in [1.54, 1.807) is 13.2 Å². The van der Waals surface area contributed by atoms with E-state index < -0.39 is 11.7 Å². The minimum atomic E-state index is -0.461. The molecule has 1 aromatic carbocycles. The van der Waals surface area contributed by atoms with E-state index in [4.69, 9.17) is 4.74 Å². The minimum Gasteiger partial charge on any atom is -0.383 e. The van der Waals surface area contributed by atoms with Crippen molar-refractivity contribution in [2.75, 3.05) is 25.2 Å². The number of hydrogen-bond acceptors (Lipinski definition) is 3. The van der Waals surface area contributed by atoms with Gasteiger partial charge in [-0.05, 0) is 19.1 Å². The van der Waals surface area contributed by atoms with Gasteiger partial charge in [0, 0.05) is 13.7 Å². The molecule has 0 N–H and O–H groups in total. The van der Waals surface area contributed by atoms with Gasteiger partial charge in [0.05, 0.1) is 17.9 Å². The molecule has 0 radical (unpaired) electrons. The number of Topliss-reactive ketones (excluding diaryl/α,β-unsaturated/α-hetero) is 1. The second-order valence-electron chi connectivity index (χ2n) is 3.80. The fourth-order valence-corrected chi connectivity index (χ4v) is 1.82. The van der Waals surface area contributed by atoms with Crippen LogP contribution in [0, 0.1) is 6.92 Å². The predicted molar refractivity (Wildman–Crippen MR) is 59.7 cm³/mol. The first-order valence-corrected chi connectivity index (χ1v) is 5.11. The quantitative estimate of drug-likeness (QED) is 0.717. The maximum atomic E-state index is 11.7. The standard InChI is InChI=1S/C12H13NO3/c1-8-3-4-10-9(7-8)11(14)12(15)13(10)5-6-16-2/h3-4,7H,5-6H2,1-2H3. The highest BCUT2D eigenvalue weighted by Crippen LogP contribution is 2.29. The summed E-state index contributed by atoms with van der Waals surface area (Å²) in [4.78, 5) is 24.9. The molecule has 0 saturated carbocycles.